The summed E-state index contributed by atoms with van der Waals surface area (Å²) in [5, 5.41) is 9.77. The molecule has 0 aromatic carbocycles. The van der Waals surface area contributed by atoms with Gasteiger partial charge in [0.1, 0.15) is 6.29 Å². The van der Waals surface area contributed by atoms with Crippen LogP contribution in [0.3, 0.4) is 0 Å². The second-order valence-electron chi connectivity index (χ2n) is 17.6. The topological polar surface area (TPSA) is 246 Å². The fourth-order valence-corrected chi connectivity index (χ4v) is 10.5. The lowest BCUT2D eigenvalue weighted by molar-refractivity contribution is -0.148. The van der Waals surface area contributed by atoms with Gasteiger partial charge in [0, 0.05) is 70.4 Å². The molecule has 0 spiro atoms. The summed E-state index contributed by atoms with van der Waals surface area (Å²) >= 11 is 0. The van der Waals surface area contributed by atoms with Gasteiger partial charge in [0.2, 0.25) is 25.2 Å². The molecule has 8 rings (SSSR count). The van der Waals surface area contributed by atoms with Crippen molar-refractivity contribution in [1.82, 2.24) is 0 Å². The third-order valence-corrected chi connectivity index (χ3v) is 14.1. The van der Waals surface area contributed by atoms with Gasteiger partial charge in [0.25, 0.3) is 0 Å². The molecular weight excluding hydrogens is 943 g/mol. The van der Waals surface area contributed by atoms with Crippen LogP contribution in [-0.2, 0) is 85.6 Å². The number of aliphatic imine (C=N–C) groups is 1. The monoisotopic (exact) mass is 1010 g/mol. The molecule has 1 N–H and O–H groups in total. The minimum absolute atomic E-state index is 0.00667. The maximum atomic E-state index is 11.8. The first-order valence-electron chi connectivity index (χ1n) is 23.3. The maximum absolute atomic E-state index is 11.8. The fraction of sp³-hybridized carbons (Fsp3) is 0.558. The van der Waals surface area contributed by atoms with Gasteiger partial charge >= 0.3 is 23.9 Å². The zero-order valence-electron chi connectivity index (χ0n) is 42.8. The Kier molecular flexibility index (Phi) is 20.5. The van der Waals surface area contributed by atoms with Gasteiger partial charge < -0.3 is 61.9 Å². The number of hydrogen-bond donors (Lipinski definition) is 1. The number of methoxy groups -OCH3 is 8. The van der Waals surface area contributed by atoms with Crippen LogP contribution < -0.4 is 0 Å². The molecule has 4 aliphatic heterocycles. The van der Waals surface area contributed by atoms with Gasteiger partial charge in [-0.2, -0.15) is 0 Å². The minimum atomic E-state index is -0.571. The molecule has 8 aliphatic rings. The molecule has 0 aromatic rings. The number of ether oxygens (including phenoxy) is 12. The first-order chi connectivity index (χ1) is 34.5. The molecule has 394 valence electrons. The van der Waals surface area contributed by atoms with E-state index in [2.05, 4.69) is 11.1 Å². The number of rotatable bonds is 12. The lowest BCUT2D eigenvalue weighted by Crippen LogP contribution is -2.38. The van der Waals surface area contributed by atoms with Crippen LogP contribution in [0.5, 0.6) is 0 Å². The number of carbonyl (C=O) groups excluding carboxylic acids is 6. The predicted octanol–water partition coefficient (Wildman–Crippen LogP) is 4.69. The van der Waals surface area contributed by atoms with Crippen LogP contribution in [-0.4, -0.2) is 142 Å². The van der Waals surface area contributed by atoms with E-state index in [0.29, 0.717) is 52.7 Å². The molecule has 0 amide bonds. The Balaban J connectivity index is 0.000000178. The number of allylic oxidation sites excluding steroid dienone is 4. The number of nitrogens with zero attached hydrogens (tertiary/aromatic N) is 1. The Bertz CT molecular complexity index is 2330. The van der Waals surface area contributed by atoms with E-state index >= 15 is 0 Å². The number of aliphatic hydroxyl groups is 1. The number of ketones is 1. The molecule has 20 heteroatoms. The summed E-state index contributed by atoms with van der Waals surface area (Å²) in [7, 11) is 13.3. The lowest BCUT2D eigenvalue weighted by atomic mass is 9.82. The van der Waals surface area contributed by atoms with Crippen molar-refractivity contribution in [2.24, 2.45) is 52.3 Å². The van der Waals surface area contributed by atoms with Gasteiger partial charge in [-0.1, -0.05) is 24.3 Å². The number of fused-ring (bicyclic) bond motifs is 4. The van der Waals surface area contributed by atoms with E-state index in [-0.39, 0.29) is 71.4 Å². The van der Waals surface area contributed by atoms with Crippen molar-refractivity contribution in [2.45, 2.75) is 77.7 Å². The van der Waals surface area contributed by atoms with Crippen molar-refractivity contribution in [3.8, 4) is 0 Å². The zero-order chi connectivity index (χ0) is 53.0. The highest BCUT2D eigenvalue weighted by Crippen LogP contribution is 2.47. The van der Waals surface area contributed by atoms with Gasteiger partial charge in [-0.15, -0.1) is 0 Å². The summed E-state index contributed by atoms with van der Waals surface area (Å²) in [5.41, 5.74) is 6.18. The molecule has 0 saturated carbocycles. The first kappa shape index (κ1) is 56.7. The van der Waals surface area contributed by atoms with Crippen molar-refractivity contribution >= 4 is 41.7 Å². The van der Waals surface area contributed by atoms with Crippen LogP contribution >= 0.6 is 0 Å². The SMILES string of the molecule is CN=C(C)C1=CCC2C(C(=O)OC)=COC(OC)C12.COC(=O)C1=COC(OC)C2C(C(C)=O)=CCC12.COC(=O)C1=COC(OC)C2C(C(C)O)=CCC12.COC(=O)C1=COC(OC)C2C(C=O)=CCC12. The average molecular weight is 1010 g/mol. The molecule has 0 radical (unpaired) electrons. The van der Waals surface area contributed by atoms with Crippen molar-refractivity contribution < 1.29 is 90.7 Å². The maximum Gasteiger partial charge on any atom is 0.337 e. The quantitative estimate of drug-likeness (QED) is 0.0916. The fourth-order valence-electron chi connectivity index (χ4n) is 10.5. The third-order valence-electron chi connectivity index (χ3n) is 14.1. The van der Waals surface area contributed by atoms with E-state index in [1.54, 1.807) is 28.2 Å². The summed E-state index contributed by atoms with van der Waals surface area (Å²) in [6.07, 6.45) is 14.4. The number of esters is 4. The predicted molar refractivity (Wildman–Crippen MR) is 254 cm³/mol. The minimum Gasteiger partial charge on any atom is -0.471 e. The van der Waals surface area contributed by atoms with Crippen LogP contribution in [0, 0.1) is 47.3 Å². The van der Waals surface area contributed by atoms with Crippen molar-refractivity contribution in [1.29, 1.82) is 0 Å². The number of aliphatic hydroxyl groups excluding tert-OH is 1. The van der Waals surface area contributed by atoms with Crippen LogP contribution in [0.15, 0.2) is 98.9 Å². The number of aldehydes is 1. The molecule has 20 nitrogen and oxygen atoms in total. The summed E-state index contributed by atoms with van der Waals surface area (Å²) < 4.78 is 61.7. The van der Waals surface area contributed by atoms with E-state index in [1.165, 1.54) is 74.6 Å². The van der Waals surface area contributed by atoms with Crippen LogP contribution in [0.25, 0.3) is 0 Å². The van der Waals surface area contributed by atoms with E-state index < -0.39 is 36.9 Å². The highest BCUT2D eigenvalue weighted by molar-refractivity contribution is 6.00. The lowest BCUT2D eigenvalue weighted by Gasteiger charge is -2.34. The summed E-state index contributed by atoms with van der Waals surface area (Å²) in [6, 6.07) is 0. The third kappa shape index (κ3) is 11.8. The smallest absolute Gasteiger partial charge is 0.337 e. The van der Waals surface area contributed by atoms with Gasteiger partial charge in [0.15, 0.2) is 5.78 Å². The number of hydrogen-bond acceptors (Lipinski definition) is 20. The number of carbonyl (C=O) groups is 6. The first-order valence-corrected chi connectivity index (χ1v) is 23.3. The summed E-state index contributed by atoms with van der Waals surface area (Å²) in [6.45, 7) is 5.17. The summed E-state index contributed by atoms with van der Waals surface area (Å²) in [5.74, 6) is -2.38. The van der Waals surface area contributed by atoms with Crippen LogP contribution in [0.1, 0.15) is 46.5 Å². The molecule has 13 unspecified atom stereocenters. The Hall–Kier alpha value is -6.19. The Labute approximate surface area is 419 Å². The van der Waals surface area contributed by atoms with E-state index in [0.717, 1.165) is 29.6 Å². The highest BCUT2D eigenvalue weighted by Gasteiger charge is 2.48. The molecule has 0 saturated heterocycles. The number of Topliss-reactive ketones (excluding diaryl/α,β-unsaturated/α-hetero) is 1. The van der Waals surface area contributed by atoms with Crippen molar-refractivity contribution in [3.05, 3.63) is 93.9 Å². The van der Waals surface area contributed by atoms with Gasteiger partial charge in [-0.05, 0) is 63.2 Å². The van der Waals surface area contributed by atoms with Crippen molar-refractivity contribution in [2.75, 3.05) is 63.9 Å². The van der Waals surface area contributed by atoms with Crippen LogP contribution in [0.4, 0.5) is 0 Å². The zero-order valence-corrected chi connectivity index (χ0v) is 42.8. The van der Waals surface area contributed by atoms with Crippen LogP contribution in [0.2, 0.25) is 0 Å². The molecule has 13 atom stereocenters. The van der Waals surface area contributed by atoms with E-state index in [1.807, 2.05) is 25.2 Å². The summed E-state index contributed by atoms with van der Waals surface area (Å²) in [4.78, 5) is 73.5. The normalized spacial score (nSPS) is 30.7. The standard InChI is InChI=1S/C14H19NO4.C13H18O5.C13H16O5.C12H14O5/c1-8(15-2)9-5-6-10-11(13(16)17-3)7-19-14(18-4)12(9)10;2*1-7(14)8-4-5-9-10(12(15)16-2)6-18-13(17-3)11(8)9;1-15-11(14)9-6-17-12(16-2)10-7(5-13)3-4-8(9)10/h5,7,10,12,14H,6H2,1-4H3;4,6-7,9,11,13-14H,5H2,1-3H3;4,6,9,11,13H,5H2,1-3H3;3,5-6,8,10,12H,4H2,1-2H3. The molecular formula is C52H67NO19. The van der Waals surface area contributed by atoms with Gasteiger partial charge in [-0.3, -0.25) is 14.6 Å². The Morgan fingerprint density at radius 3 is 1.22 bits per heavy atom. The highest BCUT2D eigenvalue weighted by atomic mass is 16.7. The molecule has 0 aromatic heterocycles. The second-order valence-corrected chi connectivity index (χ2v) is 17.6. The van der Waals surface area contributed by atoms with E-state index in [4.69, 9.17) is 56.8 Å². The molecule has 72 heavy (non-hydrogen) atoms. The van der Waals surface area contributed by atoms with E-state index in [9.17, 15) is 33.9 Å². The Morgan fingerprint density at radius 1 is 0.528 bits per heavy atom. The Morgan fingerprint density at radius 2 is 0.861 bits per heavy atom. The largest absolute Gasteiger partial charge is 0.471 e. The second kappa shape index (κ2) is 26.0. The molecule has 0 bridgehead atoms. The molecule has 0 fully saturated rings. The molecule has 4 heterocycles. The average Bonchev–Trinajstić information content (AvgIpc) is 4.25. The van der Waals surface area contributed by atoms with Gasteiger partial charge in [0.05, 0.1) is 106 Å². The van der Waals surface area contributed by atoms with Gasteiger partial charge in [-0.25, -0.2) is 19.2 Å². The van der Waals surface area contributed by atoms with Crippen molar-refractivity contribution in [3.63, 3.8) is 0 Å². The molecule has 4 aliphatic carbocycles.